The normalized spacial score (nSPS) is 29.5. The standard InChI is InChI=1S/C41H54N6O8S/c1-27-9-13-33-29(20-27)8-7-17-41(33)24-46-22-31-10-12-32(31)36(52-5)16-15-35(54-19-18-51-4)28(2)23-56(50,44-39(49)47-26-45(3)42-40(47)53-6)43-38(48)30-11-14-37(55-25-41)34(46)21-30/h9,11,13-16,20-21,26,28,31-32,35-36H,7-8,10,12,17-19,22-25H2,1-6H3/p+1/b16-15+/t28-,31+,32-,35+,36+,41+,56?/m1/s1. The van der Waals surface area contributed by atoms with Gasteiger partial charge in [0.25, 0.3) is 12.2 Å². The van der Waals surface area contributed by atoms with Crippen molar-refractivity contribution in [3.63, 3.8) is 0 Å². The van der Waals surface area contributed by atoms with Crippen molar-refractivity contribution >= 4 is 27.5 Å². The van der Waals surface area contributed by atoms with E-state index < -0.39 is 33.9 Å². The van der Waals surface area contributed by atoms with Gasteiger partial charge in [-0.05, 0) is 85.3 Å². The van der Waals surface area contributed by atoms with E-state index in [9.17, 15) is 13.8 Å². The van der Waals surface area contributed by atoms with E-state index in [1.807, 2.05) is 25.1 Å². The summed E-state index contributed by atoms with van der Waals surface area (Å²) in [4.78, 5) is 30.4. The molecule has 2 amide bonds. The molecular formula is C41H55N6O8S+. The lowest BCUT2D eigenvalue weighted by Gasteiger charge is -2.46. The fraction of sp³-hybridized carbons (Fsp3) is 0.561. The Balaban J connectivity index is 1.33. The zero-order chi connectivity index (χ0) is 39.6. The van der Waals surface area contributed by atoms with Crippen LogP contribution in [0.25, 0.3) is 0 Å². The van der Waals surface area contributed by atoms with Crippen molar-refractivity contribution < 1.29 is 42.2 Å². The van der Waals surface area contributed by atoms with Gasteiger partial charge in [-0.25, -0.2) is 13.7 Å². The molecule has 14 nitrogen and oxygen atoms in total. The number of hydrogen-bond acceptors (Lipinski definition) is 10. The van der Waals surface area contributed by atoms with Crippen LogP contribution in [0.5, 0.6) is 11.8 Å². The fourth-order valence-corrected chi connectivity index (χ4v) is 10.7. The molecule has 1 unspecified atom stereocenters. The number of aromatic nitrogens is 3. The highest BCUT2D eigenvalue weighted by Gasteiger charge is 2.44. The monoisotopic (exact) mass is 791 g/mol. The highest BCUT2D eigenvalue weighted by Crippen LogP contribution is 2.47. The Bertz CT molecular complexity index is 2090. The van der Waals surface area contributed by atoms with Crippen LogP contribution in [0.15, 0.2) is 59.2 Å². The molecule has 1 fully saturated rings. The van der Waals surface area contributed by atoms with E-state index >= 15 is 0 Å². The number of nitrogens with zero attached hydrogens (tertiary/aromatic N) is 5. The first-order valence-corrected chi connectivity index (χ1v) is 21.2. The molecule has 7 rings (SSSR count). The number of aryl methyl sites for hydroxylation is 3. The minimum absolute atomic E-state index is 0.0245. The van der Waals surface area contributed by atoms with Crippen molar-refractivity contribution in [2.75, 3.05) is 64.9 Å². The summed E-state index contributed by atoms with van der Waals surface area (Å²) in [6, 6.07) is 11.3. The molecule has 3 aromatic rings. The quantitative estimate of drug-likeness (QED) is 0.205. The fourth-order valence-electron chi connectivity index (χ4n) is 8.87. The van der Waals surface area contributed by atoms with Crippen molar-refractivity contribution in [2.45, 2.75) is 63.6 Å². The molecule has 15 heteroatoms. The highest BCUT2D eigenvalue weighted by molar-refractivity contribution is 7.92. The number of rotatable bonds is 7. The zero-order valence-electron chi connectivity index (χ0n) is 33.3. The van der Waals surface area contributed by atoms with Gasteiger partial charge in [-0.2, -0.15) is 0 Å². The van der Waals surface area contributed by atoms with Gasteiger partial charge in [0, 0.05) is 44.2 Å². The Morgan fingerprint density at radius 2 is 1.93 bits per heavy atom. The minimum Gasteiger partial charge on any atom is -0.490 e. The first-order chi connectivity index (χ1) is 26.9. The van der Waals surface area contributed by atoms with Crippen molar-refractivity contribution in [3.05, 3.63) is 77.1 Å². The average Bonchev–Trinajstić information content (AvgIpc) is 3.48. The van der Waals surface area contributed by atoms with Crippen LogP contribution < -0.4 is 23.8 Å². The smallest absolute Gasteiger partial charge is 0.435 e. The lowest BCUT2D eigenvalue weighted by atomic mass is 9.68. The third-order valence-electron chi connectivity index (χ3n) is 11.9. The summed E-state index contributed by atoms with van der Waals surface area (Å²) < 4.78 is 54.0. The molecule has 2 aromatic carbocycles. The molecule has 1 aromatic heterocycles. The molecule has 3 heterocycles. The summed E-state index contributed by atoms with van der Waals surface area (Å²) in [7, 11) is 2.56. The van der Waals surface area contributed by atoms with Gasteiger partial charge in [-0.3, -0.25) is 4.79 Å². The predicted octanol–water partition coefficient (Wildman–Crippen LogP) is 4.56. The Morgan fingerprint density at radius 3 is 2.68 bits per heavy atom. The molecule has 2 aliphatic carbocycles. The minimum atomic E-state index is -3.78. The number of nitrogens with one attached hydrogen (secondary N) is 1. The molecule has 1 saturated carbocycles. The van der Waals surface area contributed by atoms with Crippen LogP contribution in [0.2, 0.25) is 0 Å². The summed E-state index contributed by atoms with van der Waals surface area (Å²) in [5.74, 6) is -0.111. The number of fused-ring (bicyclic) bond motifs is 4. The summed E-state index contributed by atoms with van der Waals surface area (Å²) in [6.45, 7) is 6.60. The number of carbonyl (C=O) groups is 2. The van der Waals surface area contributed by atoms with Gasteiger partial charge in [0.15, 0.2) is 0 Å². The third kappa shape index (κ3) is 8.22. The van der Waals surface area contributed by atoms with E-state index in [0.717, 1.165) is 48.9 Å². The van der Waals surface area contributed by atoms with E-state index in [1.165, 1.54) is 34.8 Å². The lowest BCUT2D eigenvalue weighted by Crippen LogP contribution is -2.49. The first kappa shape index (κ1) is 39.9. The van der Waals surface area contributed by atoms with Crippen LogP contribution in [0, 0.1) is 24.7 Å². The molecule has 1 N–H and O–H groups in total. The Morgan fingerprint density at radius 1 is 1.11 bits per heavy atom. The number of methoxy groups -OCH3 is 3. The number of anilines is 1. The number of carbonyl (C=O) groups excluding carboxylic acids is 2. The van der Waals surface area contributed by atoms with Crippen molar-refractivity contribution in [3.8, 4) is 11.8 Å². The molecule has 2 aliphatic heterocycles. The van der Waals surface area contributed by atoms with Crippen molar-refractivity contribution in [2.24, 2.45) is 29.2 Å². The van der Waals surface area contributed by atoms with Crippen LogP contribution in [-0.2, 0) is 43.0 Å². The molecule has 0 radical (unpaired) electrons. The molecule has 302 valence electrons. The predicted molar refractivity (Wildman–Crippen MR) is 211 cm³/mol. The van der Waals surface area contributed by atoms with Gasteiger partial charge in [-0.15, -0.1) is 9.04 Å². The van der Waals surface area contributed by atoms with Gasteiger partial charge >= 0.3 is 12.0 Å². The molecule has 1 spiro atoms. The molecule has 2 bridgehead atoms. The molecule has 4 aliphatic rings. The van der Waals surface area contributed by atoms with Crippen LogP contribution in [-0.4, -0.2) is 98.0 Å². The third-order valence-corrected chi connectivity index (χ3v) is 13.8. The maximum atomic E-state index is 15.0. The van der Waals surface area contributed by atoms with Crippen LogP contribution in [0.4, 0.5) is 10.5 Å². The van der Waals surface area contributed by atoms with E-state index in [-0.39, 0.29) is 41.4 Å². The number of amides is 2. The largest absolute Gasteiger partial charge is 0.490 e. The maximum absolute atomic E-state index is 15.0. The number of ether oxygens (including phenoxy) is 5. The Hall–Kier alpha value is -4.31. The second-order valence-electron chi connectivity index (χ2n) is 15.8. The summed E-state index contributed by atoms with van der Waals surface area (Å²) in [5, 5.41) is 4.14. The number of benzene rings is 2. The first-order valence-electron chi connectivity index (χ1n) is 19.5. The Kier molecular flexibility index (Phi) is 11.9. The summed E-state index contributed by atoms with van der Waals surface area (Å²) in [6.07, 6.45) is 9.78. The van der Waals surface area contributed by atoms with Gasteiger partial charge in [-0.1, -0.05) is 47.4 Å². The average molecular weight is 792 g/mol. The van der Waals surface area contributed by atoms with Crippen molar-refractivity contribution in [1.29, 1.82) is 0 Å². The van der Waals surface area contributed by atoms with E-state index in [0.29, 0.717) is 31.4 Å². The van der Waals surface area contributed by atoms with E-state index in [1.54, 1.807) is 27.3 Å². The van der Waals surface area contributed by atoms with Gasteiger partial charge in [0.1, 0.15) is 22.7 Å². The van der Waals surface area contributed by atoms with E-state index in [2.05, 4.69) is 50.3 Å². The second-order valence-corrected chi connectivity index (χ2v) is 17.8. The van der Waals surface area contributed by atoms with Crippen LogP contribution in [0.1, 0.15) is 59.7 Å². The van der Waals surface area contributed by atoms with Crippen LogP contribution in [0.3, 0.4) is 0 Å². The molecule has 0 saturated heterocycles. The second kappa shape index (κ2) is 16.7. The zero-order valence-corrected chi connectivity index (χ0v) is 34.1. The Labute approximate surface area is 329 Å². The van der Waals surface area contributed by atoms with Gasteiger partial charge < -0.3 is 28.6 Å². The summed E-state index contributed by atoms with van der Waals surface area (Å²) >= 11 is 0. The number of hydrogen-bond donors (Lipinski definition) is 1. The van der Waals surface area contributed by atoms with E-state index in [4.69, 9.17) is 23.7 Å². The highest BCUT2D eigenvalue weighted by atomic mass is 32.2. The molecule has 56 heavy (non-hydrogen) atoms. The molecule has 7 atom stereocenters. The van der Waals surface area contributed by atoms with Gasteiger partial charge in [0.05, 0.1) is 50.6 Å². The topological polar surface area (TPSA) is 147 Å². The van der Waals surface area contributed by atoms with Gasteiger partial charge in [0.2, 0.25) is 0 Å². The molecular weight excluding hydrogens is 737 g/mol. The summed E-state index contributed by atoms with van der Waals surface area (Å²) in [5.41, 5.74) is 4.75. The SMILES string of the molecule is COCCO[C@H]1/C=C/[C@H](OC)[C@@H]2CC[C@H]2CN2C[C@@]3(CCCc4cc(C)ccc43)COc3ccc(cc32)C(=O)N=S(=O)(NC(=O)n2c[n+](C)nc2OC)C[C@H]1C. The van der Waals surface area contributed by atoms with Crippen molar-refractivity contribution in [1.82, 2.24) is 14.4 Å². The van der Waals surface area contributed by atoms with Crippen LogP contribution >= 0.6 is 0 Å². The maximum Gasteiger partial charge on any atom is 0.435 e. The lowest BCUT2D eigenvalue weighted by molar-refractivity contribution is -0.728.